The normalized spacial score (nSPS) is 14.4. The number of rotatable bonds is 4. The minimum absolute atomic E-state index is 0.200. The van der Waals surface area contributed by atoms with Gasteiger partial charge in [-0.3, -0.25) is 0 Å². The van der Waals surface area contributed by atoms with E-state index in [-0.39, 0.29) is 12.0 Å². The molecule has 19 heavy (non-hydrogen) atoms. The Labute approximate surface area is 112 Å². The second kappa shape index (κ2) is 6.22. The standard InChI is InChI=1S/C14H18N2O3/c1-2-19-13(17)10-6-8-12(9-7-10)16-14(18)15-11-4-3-5-11/h6-9,11H,2-5H2,1H3,(H2,15,16,18). The van der Waals surface area contributed by atoms with E-state index in [0.29, 0.717) is 23.9 Å². The molecule has 0 heterocycles. The number of amides is 2. The molecule has 1 aromatic rings. The molecule has 0 radical (unpaired) electrons. The molecular formula is C14H18N2O3. The molecule has 0 atom stereocenters. The third-order valence-electron chi connectivity index (χ3n) is 3.09. The van der Waals surface area contributed by atoms with Gasteiger partial charge in [0.1, 0.15) is 0 Å². The van der Waals surface area contributed by atoms with Crippen molar-refractivity contribution in [2.75, 3.05) is 11.9 Å². The lowest BCUT2D eigenvalue weighted by atomic mass is 9.93. The lowest BCUT2D eigenvalue weighted by molar-refractivity contribution is 0.0526. The van der Waals surface area contributed by atoms with Crippen molar-refractivity contribution in [3.05, 3.63) is 29.8 Å². The number of carbonyl (C=O) groups excluding carboxylic acids is 2. The SMILES string of the molecule is CCOC(=O)c1ccc(NC(=O)NC2CCC2)cc1. The second-order valence-corrected chi connectivity index (χ2v) is 4.52. The van der Waals surface area contributed by atoms with Gasteiger partial charge in [0.2, 0.25) is 0 Å². The summed E-state index contributed by atoms with van der Waals surface area (Å²) in [6, 6.07) is 6.75. The van der Waals surface area contributed by atoms with Gasteiger partial charge in [-0.2, -0.15) is 0 Å². The Bertz CT molecular complexity index is 452. The maximum atomic E-state index is 11.6. The Morgan fingerprint density at radius 3 is 2.47 bits per heavy atom. The number of urea groups is 1. The Kier molecular flexibility index (Phi) is 4.39. The topological polar surface area (TPSA) is 67.4 Å². The summed E-state index contributed by atoms with van der Waals surface area (Å²) in [6.45, 7) is 2.11. The number of ether oxygens (including phenoxy) is 1. The molecule has 1 saturated carbocycles. The molecule has 0 saturated heterocycles. The first-order chi connectivity index (χ1) is 9.19. The summed E-state index contributed by atoms with van der Waals surface area (Å²) < 4.78 is 4.89. The molecule has 2 rings (SSSR count). The maximum Gasteiger partial charge on any atom is 0.338 e. The molecule has 102 valence electrons. The van der Waals surface area contributed by atoms with Gasteiger partial charge in [0.25, 0.3) is 0 Å². The molecule has 2 N–H and O–H groups in total. The molecule has 5 nitrogen and oxygen atoms in total. The molecule has 0 bridgehead atoms. The van der Waals surface area contributed by atoms with Crippen molar-refractivity contribution in [2.24, 2.45) is 0 Å². The van der Waals surface area contributed by atoms with E-state index in [1.54, 1.807) is 31.2 Å². The zero-order valence-corrected chi connectivity index (χ0v) is 10.9. The van der Waals surface area contributed by atoms with E-state index in [1.807, 2.05) is 0 Å². The predicted molar refractivity (Wildman–Crippen MR) is 72.2 cm³/mol. The minimum Gasteiger partial charge on any atom is -0.462 e. The first kappa shape index (κ1) is 13.4. The average Bonchev–Trinajstić information content (AvgIpc) is 2.35. The minimum atomic E-state index is -0.354. The lowest BCUT2D eigenvalue weighted by Gasteiger charge is -2.26. The van der Waals surface area contributed by atoms with E-state index in [1.165, 1.54) is 6.42 Å². The highest BCUT2D eigenvalue weighted by atomic mass is 16.5. The Morgan fingerprint density at radius 1 is 1.26 bits per heavy atom. The van der Waals surface area contributed by atoms with Gasteiger partial charge in [0.05, 0.1) is 12.2 Å². The van der Waals surface area contributed by atoms with E-state index in [0.717, 1.165) is 12.8 Å². The first-order valence-corrected chi connectivity index (χ1v) is 6.53. The number of hydrogen-bond donors (Lipinski definition) is 2. The number of nitrogens with one attached hydrogen (secondary N) is 2. The maximum absolute atomic E-state index is 11.6. The van der Waals surface area contributed by atoms with Crippen molar-refractivity contribution in [3.63, 3.8) is 0 Å². The fraction of sp³-hybridized carbons (Fsp3) is 0.429. The average molecular weight is 262 g/mol. The second-order valence-electron chi connectivity index (χ2n) is 4.52. The summed E-state index contributed by atoms with van der Waals surface area (Å²) in [6.07, 6.45) is 3.28. The number of carbonyl (C=O) groups is 2. The summed E-state index contributed by atoms with van der Waals surface area (Å²) in [5, 5.41) is 5.62. The molecule has 2 amide bonds. The third-order valence-corrected chi connectivity index (χ3v) is 3.09. The highest BCUT2D eigenvalue weighted by Gasteiger charge is 2.19. The van der Waals surface area contributed by atoms with Crippen LogP contribution in [0.5, 0.6) is 0 Å². The third kappa shape index (κ3) is 3.71. The van der Waals surface area contributed by atoms with Crippen molar-refractivity contribution < 1.29 is 14.3 Å². The summed E-state index contributed by atoms with van der Waals surface area (Å²) in [7, 11) is 0. The van der Waals surface area contributed by atoms with Crippen LogP contribution >= 0.6 is 0 Å². The van der Waals surface area contributed by atoms with Crippen molar-refractivity contribution in [3.8, 4) is 0 Å². The van der Waals surface area contributed by atoms with Crippen LogP contribution in [0.1, 0.15) is 36.5 Å². The molecule has 0 unspecified atom stereocenters. The molecule has 0 spiro atoms. The molecule has 1 aromatic carbocycles. The predicted octanol–water partition coefficient (Wildman–Crippen LogP) is 2.54. The molecule has 5 heteroatoms. The lowest BCUT2D eigenvalue weighted by Crippen LogP contribution is -2.41. The van der Waals surface area contributed by atoms with E-state index in [4.69, 9.17) is 4.74 Å². The van der Waals surface area contributed by atoms with Crippen LogP contribution in [0.3, 0.4) is 0 Å². The van der Waals surface area contributed by atoms with Gasteiger partial charge in [-0.15, -0.1) is 0 Å². The van der Waals surface area contributed by atoms with Crippen LogP contribution in [0, 0.1) is 0 Å². The van der Waals surface area contributed by atoms with Gasteiger partial charge in [0, 0.05) is 11.7 Å². The van der Waals surface area contributed by atoms with Crippen LogP contribution in [-0.2, 0) is 4.74 Å². The zero-order valence-electron chi connectivity index (χ0n) is 10.9. The zero-order chi connectivity index (χ0) is 13.7. The molecule has 0 aromatic heterocycles. The summed E-state index contributed by atoms with van der Waals surface area (Å²) in [5.41, 5.74) is 1.14. The van der Waals surface area contributed by atoms with Crippen molar-refractivity contribution in [2.45, 2.75) is 32.2 Å². The van der Waals surface area contributed by atoms with Gasteiger partial charge in [-0.1, -0.05) is 0 Å². The van der Waals surface area contributed by atoms with Crippen molar-refractivity contribution in [1.29, 1.82) is 0 Å². The van der Waals surface area contributed by atoms with Crippen molar-refractivity contribution in [1.82, 2.24) is 5.32 Å². The van der Waals surface area contributed by atoms with Gasteiger partial charge < -0.3 is 15.4 Å². The van der Waals surface area contributed by atoms with Gasteiger partial charge >= 0.3 is 12.0 Å². The highest BCUT2D eigenvalue weighted by molar-refractivity contribution is 5.92. The van der Waals surface area contributed by atoms with Crippen molar-refractivity contribution >= 4 is 17.7 Å². The Hall–Kier alpha value is -2.04. The largest absolute Gasteiger partial charge is 0.462 e. The van der Waals surface area contributed by atoms with Gasteiger partial charge in [-0.25, -0.2) is 9.59 Å². The van der Waals surface area contributed by atoms with E-state index in [2.05, 4.69) is 10.6 Å². The first-order valence-electron chi connectivity index (χ1n) is 6.53. The molecule has 1 aliphatic rings. The van der Waals surface area contributed by atoms with E-state index < -0.39 is 0 Å². The monoisotopic (exact) mass is 262 g/mol. The smallest absolute Gasteiger partial charge is 0.338 e. The summed E-state index contributed by atoms with van der Waals surface area (Å²) in [4.78, 5) is 23.1. The molecule has 1 fully saturated rings. The van der Waals surface area contributed by atoms with Crippen LogP contribution in [0.15, 0.2) is 24.3 Å². The van der Waals surface area contributed by atoms with Gasteiger partial charge in [0.15, 0.2) is 0 Å². The summed E-state index contributed by atoms with van der Waals surface area (Å²) in [5.74, 6) is -0.354. The van der Waals surface area contributed by atoms with E-state index >= 15 is 0 Å². The van der Waals surface area contributed by atoms with E-state index in [9.17, 15) is 9.59 Å². The fourth-order valence-corrected chi connectivity index (χ4v) is 1.81. The Morgan fingerprint density at radius 2 is 1.95 bits per heavy atom. The molecular weight excluding hydrogens is 244 g/mol. The Balaban J connectivity index is 1.87. The highest BCUT2D eigenvalue weighted by Crippen LogP contribution is 2.18. The van der Waals surface area contributed by atoms with Crippen LogP contribution in [0.25, 0.3) is 0 Å². The number of esters is 1. The molecule has 0 aliphatic heterocycles. The molecule has 1 aliphatic carbocycles. The van der Waals surface area contributed by atoms with Crippen LogP contribution in [0.4, 0.5) is 10.5 Å². The van der Waals surface area contributed by atoms with Crippen LogP contribution < -0.4 is 10.6 Å². The summed E-state index contributed by atoms with van der Waals surface area (Å²) >= 11 is 0. The van der Waals surface area contributed by atoms with Crippen LogP contribution in [0.2, 0.25) is 0 Å². The van der Waals surface area contributed by atoms with Crippen LogP contribution in [-0.4, -0.2) is 24.6 Å². The number of benzene rings is 1. The fourth-order valence-electron chi connectivity index (χ4n) is 1.81. The quantitative estimate of drug-likeness (QED) is 0.819. The number of hydrogen-bond acceptors (Lipinski definition) is 3. The van der Waals surface area contributed by atoms with Gasteiger partial charge in [-0.05, 0) is 50.5 Å². The number of anilines is 1.